The summed E-state index contributed by atoms with van der Waals surface area (Å²) >= 11 is 4.92. The zero-order chi connectivity index (χ0) is 13.7. The first-order chi connectivity index (χ1) is 8.42. The molecule has 1 atom stereocenters. The van der Waals surface area contributed by atoms with Gasteiger partial charge < -0.3 is 5.73 Å². The van der Waals surface area contributed by atoms with E-state index in [4.69, 9.17) is 18.0 Å². The van der Waals surface area contributed by atoms with Crippen LogP contribution in [0.1, 0.15) is 19.4 Å². The Balaban J connectivity index is 2.70. The quantitative estimate of drug-likeness (QED) is 0.807. The van der Waals surface area contributed by atoms with E-state index in [0.29, 0.717) is 23.6 Å². The summed E-state index contributed by atoms with van der Waals surface area (Å²) in [4.78, 5) is 2.51. The Hall–Kier alpha value is -1.07. The SMILES string of the molecule is CCN(Cc1cc(F)cc(F)c1)CC(C)C(N)=S. The molecule has 0 heterocycles. The second-order valence-electron chi connectivity index (χ2n) is 4.41. The number of nitrogens with zero attached hydrogens (tertiary/aromatic N) is 1. The van der Waals surface area contributed by atoms with Crippen LogP contribution in [0, 0.1) is 17.6 Å². The van der Waals surface area contributed by atoms with Crippen molar-refractivity contribution in [1.29, 1.82) is 0 Å². The van der Waals surface area contributed by atoms with Crippen molar-refractivity contribution in [2.24, 2.45) is 11.7 Å². The fourth-order valence-electron chi connectivity index (χ4n) is 1.74. The van der Waals surface area contributed by atoms with Gasteiger partial charge in [0.1, 0.15) is 11.6 Å². The van der Waals surface area contributed by atoms with E-state index in [9.17, 15) is 8.78 Å². The number of hydrogen-bond acceptors (Lipinski definition) is 2. The molecule has 5 heteroatoms. The maximum atomic E-state index is 13.1. The summed E-state index contributed by atoms with van der Waals surface area (Å²) in [6.45, 7) is 5.87. The van der Waals surface area contributed by atoms with E-state index in [-0.39, 0.29) is 5.92 Å². The summed E-state index contributed by atoms with van der Waals surface area (Å²) in [5, 5.41) is 0. The Morgan fingerprint density at radius 3 is 2.33 bits per heavy atom. The number of hydrogen-bond donors (Lipinski definition) is 1. The Morgan fingerprint density at radius 2 is 1.89 bits per heavy atom. The zero-order valence-electron chi connectivity index (χ0n) is 10.6. The monoisotopic (exact) mass is 272 g/mol. The van der Waals surface area contributed by atoms with Gasteiger partial charge >= 0.3 is 0 Å². The van der Waals surface area contributed by atoms with Gasteiger partial charge in [0, 0.05) is 25.1 Å². The number of rotatable bonds is 6. The highest BCUT2D eigenvalue weighted by Crippen LogP contribution is 2.12. The van der Waals surface area contributed by atoms with Crippen LogP contribution in [0.4, 0.5) is 8.78 Å². The summed E-state index contributed by atoms with van der Waals surface area (Å²) in [7, 11) is 0. The van der Waals surface area contributed by atoms with Crippen molar-refractivity contribution >= 4 is 17.2 Å². The van der Waals surface area contributed by atoms with E-state index in [2.05, 4.69) is 4.90 Å². The number of halogens is 2. The average Bonchev–Trinajstić information content (AvgIpc) is 2.26. The van der Waals surface area contributed by atoms with Crippen LogP contribution in [-0.2, 0) is 6.54 Å². The molecule has 0 fully saturated rings. The molecule has 1 unspecified atom stereocenters. The van der Waals surface area contributed by atoms with Crippen molar-refractivity contribution in [2.75, 3.05) is 13.1 Å². The predicted molar refractivity (Wildman–Crippen MR) is 73.3 cm³/mol. The first-order valence-electron chi connectivity index (χ1n) is 5.89. The van der Waals surface area contributed by atoms with Crippen molar-refractivity contribution in [3.63, 3.8) is 0 Å². The van der Waals surface area contributed by atoms with Gasteiger partial charge in [0.25, 0.3) is 0 Å². The number of thiocarbonyl (C=S) groups is 1. The molecule has 1 rings (SSSR count). The minimum Gasteiger partial charge on any atom is -0.393 e. The molecule has 0 saturated carbocycles. The summed E-state index contributed by atoms with van der Waals surface area (Å²) in [6, 6.07) is 3.56. The van der Waals surface area contributed by atoms with Gasteiger partial charge in [-0.3, -0.25) is 4.90 Å². The van der Waals surface area contributed by atoms with Crippen molar-refractivity contribution in [3.05, 3.63) is 35.4 Å². The third-order valence-electron chi connectivity index (χ3n) is 2.79. The molecule has 0 radical (unpaired) electrons. The van der Waals surface area contributed by atoms with Gasteiger partial charge in [-0.1, -0.05) is 26.1 Å². The molecular formula is C13H18F2N2S. The summed E-state index contributed by atoms with van der Waals surface area (Å²) < 4.78 is 26.1. The van der Waals surface area contributed by atoms with Crippen molar-refractivity contribution < 1.29 is 8.78 Å². The van der Waals surface area contributed by atoms with Crippen molar-refractivity contribution in [3.8, 4) is 0 Å². The highest BCUT2D eigenvalue weighted by Gasteiger charge is 2.12. The van der Waals surface area contributed by atoms with Crippen LogP contribution in [0.15, 0.2) is 18.2 Å². The zero-order valence-corrected chi connectivity index (χ0v) is 11.4. The molecule has 1 aromatic rings. The van der Waals surface area contributed by atoms with Crippen LogP contribution < -0.4 is 5.73 Å². The molecule has 2 nitrogen and oxygen atoms in total. The molecule has 0 spiro atoms. The summed E-state index contributed by atoms with van der Waals surface area (Å²) in [5.41, 5.74) is 6.18. The lowest BCUT2D eigenvalue weighted by Gasteiger charge is -2.23. The minimum atomic E-state index is -0.552. The van der Waals surface area contributed by atoms with Gasteiger partial charge in [-0.15, -0.1) is 0 Å². The molecule has 18 heavy (non-hydrogen) atoms. The highest BCUT2D eigenvalue weighted by atomic mass is 32.1. The predicted octanol–water partition coefficient (Wildman–Crippen LogP) is 2.71. The normalized spacial score (nSPS) is 12.7. The topological polar surface area (TPSA) is 29.3 Å². The molecule has 0 saturated heterocycles. The summed E-state index contributed by atoms with van der Waals surface area (Å²) in [6.07, 6.45) is 0. The van der Waals surface area contributed by atoms with Crippen LogP contribution in [0.3, 0.4) is 0 Å². The van der Waals surface area contributed by atoms with Crippen molar-refractivity contribution in [1.82, 2.24) is 4.90 Å². The lowest BCUT2D eigenvalue weighted by Crippen LogP contribution is -2.33. The maximum absolute atomic E-state index is 13.1. The second-order valence-corrected chi connectivity index (χ2v) is 4.88. The Bertz CT molecular complexity index is 403. The molecular weight excluding hydrogens is 254 g/mol. The van der Waals surface area contributed by atoms with Gasteiger partial charge in [0.2, 0.25) is 0 Å². The summed E-state index contributed by atoms with van der Waals surface area (Å²) in [5.74, 6) is -1.02. The number of benzene rings is 1. The van der Waals surface area contributed by atoms with Gasteiger partial charge in [-0.05, 0) is 24.2 Å². The highest BCUT2D eigenvalue weighted by molar-refractivity contribution is 7.80. The third kappa shape index (κ3) is 4.66. The molecule has 0 aromatic heterocycles. The van der Waals surface area contributed by atoms with Crippen LogP contribution in [0.25, 0.3) is 0 Å². The largest absolute Gasteiger partial charge is 0.393 e. The van der Waals surface area contributed by atoms with Crippen LogP contribution >= 0.6 is 12.2 Å². The third-order valence-corrected chi connectivity index (χ3v) is 3.20. The van der Waals surface area contributed by atoms with Gasteiger partial charge in [-0.2, -0.15) is 0 Å². The Morgan fingerprint density at radius 1 is 1.33 bits per heavy atom. The molecule has 0 bridgehead atoms. The van der Waals surface area contributed by atoms with E-state index in [1.54, 1.807) is 0 Å². The van der Waals surface area contributed by atoms with E-state index in [1.165, 1.54) is 12.1 Å². The Kier molecular flexibility index (Phi) is 5.62. The molecule has 0 amide bonds. The molecule has 2 N–H and O–H groups in total. The van der Waals surface area contributed by atoms with Crippen LogP contribution in [0.2, 0.25) is 0 Å². The van der Waals surface area contributed by atoms with Crippen LogP contribution in [-0.4, -0.2) is 23.0 Å². The fourth-order valence-corrected chi connectivity index (χ4v) is 1.82. The molecule has 0 aliphatic heterocycles. The van der Waals surface area contributed by atoms with Gasteiger partial charge in [0.15, 0.2) is 0 Å². The van der Waals surface area contributed by atoms with E-state index in [0.717, 1.165) is 12.6 Å². The number of nitrogens with two attached hydrogens (primary N) is 1. The Labute approximate surface area is 112 Å². The molecule has 0 aliphatic rings. The van der Waals surface area contributed by atoms with Crippen molar-refractivity contribution in [2.45, 2.75) is 20.4 Å². The van der Waals surface area contributed by atoms with Gasteiger partial charge in [0.05, 0.1) is 4.99 Å². The molecule has 1 aromatic carbocycles. The van der Waals surface area contributed by atoms with E-state index in [1.807, 2.05) is 13.8 Å². The van der Waals surface area contributed by atoms with E-state index >= 15 is 0 Å². The minimum absolute atomic E-state index is 0.0818. The smallest absolute Gasteiger partial charge is 0.126 e. The standard InChI is InChI=1S/C13H18F2N2S/c1-3-17(7-9(2)13(16)18)8-10-4-11(14)6-12(15)5-10/h4-6,9H,3,7-8H2,1-2H3,(H2,16,18). The first-order valence-corrected chi connectivity index (χ1v) is 6.29. The van der Waals surface area contributed by atoms with E-state index < -0.39 is 11.6 Å². The average molecular weight is 272 g/mol. The second kappa shape index (κ2) is 6.75. The maximum Gasteiger partial charge on any atom is 0.126 e. The first kappa shape index (κ1) is 15.0. The van der Waals surface area contributed by atoms with Gasteiger partial charge in [-0.25, -0.2) is 8.78 Å². The fraction of sp³-hybridized carbons (Fsp3) is 0.462. The molecule has 100 valence electrons. The lowest BCUT2D eigenvalue weighted by atomic mass is 10.1. The molecule has 0 aliphatic carbocycles. The lowest BCUT2D eigenvalue weighted by molar-refractivity contribution is 0.263. The van der Waals surface area contributed by atoms with Crippen LogP contribution in [0.5, 0.6) is 0 Å².